The molecule has 1 aliphatic rings. The summed E-state index contributed by atoms with van der Waals surface area (Å²) < 4.78 is 7.28. The predicted molar refractivity (Wildman–Crippen MR) is 103 cm³/mol. The molecule has 0 aromatic rings. The molecule has 1 nitrogen and oxygen atoms in total. The van der Waals surface area contributed by atoms with Crippen molar-refractivity contribution in [3.8, 4) is 0 Å². The van der Waals surface area contributed by atoms with Gasteiger partial charge in [0, 0.05) is 0 Å². The van der Waals surface area contributed by atoms with Crippen molar-refractivity contribution in [2.45, 2.75) is 119 Å². The van der Waals surface area contributed by atoms with Gasteiger partial charge >= 0.3 is 143 Å². The summed E-state index contributed by atoms with van der Waals surface area (Å²) in [6.45, 7) is 10.5. The maximum atomic E-state index is 6.26. The van der Waals surface area contributed by atoms with Gasteiger partial charge in [-0.1, -0.05) is 0 Å². The zero-order chi connectivity index (χ0) is 16.3. The fourth-order valence-electron chi connectivity index (χ4n) is 4.56. The SMILES string of the molecule is CCCC[C@@H]1OCC[C@H]1[Ge]([CH2]CCC)([CH2]CCC)[CH2]CCC. The first-order chi connectivity index (χ1) is 10.7. The predicted octanol–water partition coefficient (Wildman–Crippen LogP) is 7.18. The Hall–Kier alpha value is 0.503. The Morgan fingerprint density at radius 3 is 1.73 bits per heavy atom. The normalized spacial score (nSPS) is 22.4. The zero-order valence-corrected chi connectivity index (χ0v) is 18.1. The van der Waals surface area contributed by atoms with Crippen LogP contribution in [0, 0.1) is 0 Å². The molecule has 1 saturated heterocycles. The fraction of sp³-hybridized carbons (Fsp3) is 1.00. The molecule has 0 aromatic carbocycles. The maximum absolute atomic E-state index is 6.26. The molecule has 0 unspecified atom stereocenters. The van der Waals surface area contributed by atoms with Crippen molar-refractivity contribution >= 4 is 13.3 Å². The van der Waals surface area contributed by atoms with E-state index in [0.29, 0.717) is 6.10 Å². The molecular weight excluding hydrogens is 329 g/mol. The van der Waals surface area contributed by atoms with E-state index in [9.17, 15) is 0 Å². The number of hydrogen-bond acceptors (Lipinski definition) is 1. The van der Waals surface area contributed by atoms with Crippen LogP contribution >= 0.6 is 0 Å². The second kappa shape index (κ2) is 12.0. The summed E-state index contributed by atoms with van der Waals surface area (Å²) in [5.74, 6) is 0. The molecule has 132 valence electrons. The Morgan fingerprint density at radius 1 is 0.773 bits per heavy atom. The molecule has 0 amide bonds. The van der Waals surface area contributed by atoms with Crippen LogP contribution in [0.2, 0.25) is 20.5 Å². The third-order valence-electron chi connectivity index (χ3n) is 5.92. The minimum atomic E-state index is -1.77. The first-order valence-electron chi connectivity index (χ1n) is 10.4. The van der Waals surface area contributed by atoms with Gasteiger partial charge in [-0.05, 0) is 0 Å². The van der Waals surface area contributed by atoms with Crippen molar-refractivity contribution < 1.29 is 4.74 Å². The van der Waals surface area contributed by atoms with Gasteiger partial charge in [0.05, 0.1) is 0 Å². The number of hydrogen-bond donors (Lipinski definition) is 0. The van der Waals surface area contributed by atoms with Gasteiger partial charge in [-0.2, -0.15) is 0 Å². The van der Waals surface area contributed by atoms with Crippen LogP contribution in [0.4, 0.5) is 0 Å². The molecule has 1 heterocycles. The van der Waals surface area contributed by atoms with Gasteiger partial charge in [-0.15, -0.1) is 0 Å². The molecule has 2 atom stereocenters. The van der Waals surface area contributed by atoms with Gasteiger partial charge in [-0.3, -0.25) is 0 Å². The molecule has 0 spiro atoms. The Bertz CT molecular complexity index is 245. The van der Waals surface area contributed by atoms with Crippen LogP contribution in [0.1, 0.15) is 91.9 Å². The van der Waals surface area contributed by atoms with Crippen LogP contribution in [0.15, 0.2) is 0 Å². The summed E-state index contributed by atoms with van der Waals surface area (Å²) >= 11 is -1.77. The summed E-state index contributed by atoms with van der Waals surface area (Å²) in [5, 5.41) is 4.90. The van der Waals surface area contributed by atoms with E-state index in [1.165, 1.54) is 64.2 Å². The third-order valence-corrected chi connectivity index (χ3v) is 19.1. The average Bonchev–Trinajstić information content (AvgIpc) is 3.01. The second-order valence-electron chi connectivity index (χ2n) is 7.62. The average molecular weight is 371 g/mol. The second-order valence-corrected chi connectivity index (χ2v) is 18.0. The van der Waals surface area contributed by atoms with E-state index in [2.05, 4.69) is 27.7 Å². The van der Waals surface area contributed by atoms with Crippen LogP contribution in [0.5, 0.6) is 0 Å². The third kappa shape index (κ3) is 6.19. The Morgan fingerprint density at radius 2 is 1.27 bits per heavy atom. The molecule has 2 heteroatoms. The summed E-state index contributed by atoms with van der Waals surface area (Å²) in [4.78, 5) is 0. The molecule has 0 aliphatic carbocycles. The monoisotopic (exact) mass is 372 g/mol. The Balaban J connectivity index is 2.86. The van der Waals surface area contributed by atoms with E-state index in [0.717, 1.165) is 11.4 Å². The van der Waals surface area contributed by atoms with Gasteiger partial charge < -0.3 is 0 Å². The van der Waals surface area contributed by atoms with Crippen molar-refractivity contribution in [1.29, 1.82) is 0 Å². The molecule has 0 radical (unpaired) electrons. The molecule has 1 rings (SSSR count). The van der Waals surface area contributed by atoms with Crippen LogP contribution in [0.25, 0.3) is 0 Å². The van der Waals surface area contributed by atoms with Crippen molar-refractivity contribution in [3.05, 3.63) is 0 Å². The van der Waals surface area contributed by atoms with Gasteiger partial charge in [-0.25, -0.2) is 0 Å². The van der Waals surface area contributed by atoms with E-state index in [1.54, 1.807) is 15.8 Å². The van der Waals surface area contributed by atoms with Crippen LogP contribution in [0.3, 0.4) is 0 Å². The van der Waals surface area contributed by atoms with Gasteiger partial charge in [0.1, 0.15) is 0 Å². The van der Waals surface area contributed by atoms with E-state index in [-0.39, 0.29) is 0 Å². The number of ether oxygens (including phenoxy) is 1. The van der Waals surface area contributed by atoms with E-state index in [1.807, 2.05) is 0 Å². The molecular formula is C20H42GeO. The Kier molecular flexibility index (Phi) is 11.2. The van der Waals surface area contributed by atoms with Crippen LogP contribution in [-0.2, 0) is 4.74 Å². The first-order valence-corrected chi connectivity index (χ1v) is 16.0. The van der Waals surface area contributed by atoms with Crippen LogP contribution < -0.4 is 0 Å². The van der Waals surface area contributed by atoms with Gasteiger partial charge in [0.2, 0.25) is 0 Å². The molecule has 0 N–H and O–H groups in total. The van der Waals surface area contributed by atoms with Crippen molar-refractivity contribution in [3.63, 3.8) is 0 Å². The fourth-order valence-corrected chi connectivity index (χ4v) is 18.9. The minimum absolute atomic E-state index is 0.644. The number of rotatable bonds is 13. The molecule has 0 saturated carbocycles. The first kappa shape index (κ1) is 20.5. The van der Waals surface area contributed by atoms with E-state index < -0.39 is 13.3 Å². The van der Waals surface area contributed by atoms with E-state index >= 15 is 0 Å². The van der Waals surface area contributed by atoms with Crippen molar-refractivity contribution in [2.75, 3.05) is 6.61 Å². The molecule has 1 fully saturated rings. The van der Waals surface area contributed by atoms with Crippen LogP contribution in [-0.4, -0.2) is 26.0 Å². The quantitative estimate of drug-likeness (QED) is 0.312. The van der Waals surface area contributed by atoms with Crippen molar-refractivity contribution in [1.82, 2.24) is 0 Å². The van der Waals surface area contributed by atoms with E-state index in [4.69, 9.17) is 4.74 Å². The van der Waals surface area contributed by atoms with Gasteiger partial charge in [0.25, 0.3) is 0 Å². The summed E-state index contributed by atoms with van der Waals surface area (Å²) in [5.41, 5.74) is 0. The topological polar surface area (TPSA) is 9.23 Å². The number of unbranched alkanes of at least 4 members (excludes halogenated alkanes) is 4. The molecule has 1 aliphatic heterocycles. The summed E-state index contributed by atoms with van der Waals surface area (Å²) in [7, 11) is 0. The zero-order valence-electron chi connectivity index (χ0n) is 16.0. The summed E-state index contributed by atoms with van der Waals surface area (Å²) in [6, 6.07) is 0. The molecule has 0 aromatic heterocycles. The summed E-state index contributed by atoms with van der Waals surface area (Å²) in [6.07, 6.45) is 14.7. The molecule has 0 bridgehead atoms. The Labute approximate surface area is 143 Å². The standard InChI is InChI=1S/C20H42GeO/c1-5-9-13-20-19(14-18-22-20)21(15-10-6-2,16-11-7-3)17-12-8-4/h19-20H,5-18H2,1-4H3/t19-,20+/m1/s1. The molecule has 22 heavy (non-hydrogen) atoms. The van der Waals surface area contributed by atoms with Crippen molar-refractivity contribution in [2.24, 2.45) is 0 Å². The van der Waals surface area contributed by atoms with Gasteiger partial charge in [0.15, 0.2) is 0 Å².